The summed E-state index contributed by atoms with van der Waals surface area (Å²) in [7, 11) is -3.87. The van der Waals surface area contributed by atoms with Gasteiger partial charge in [-0.1, -0.05) is 0 Å². The molecule has 0 saturated heterocycles. The van der Waals surface area contributed by atoms with Gasteiger partial charge in [-0.3, -0.25) is 4.79 Å². The summed E-state index contributed by atoms with van der Waals surface area (Å²) in [5.41, 5.74) is 6.48. The van der Waals surface area contributed by atoms with Gasteiger partial charge in [0.2, 0.25) is 15.9 Å². The van der Waals surface area contributed by atoms with Crippen molar-refractivity contribution in [3.8, 4) is 0 Å². The second-order valence-electron chi connectivity index (χ2n) is 5.89. The normalized spacial score (nSPS) is 12.0. The molecule has 0 aliphatic carbocycles. The Morgan fingerprint density at radius 1 is 1.29 bits per heavy atom. The van der Waals surface area contributed by atoms with Gasteiger partial charge >= 0.3 is 0 Å². The maximum Gasteiger partial charge on any atom is 0.239 e. The standard InChI is InChI=1S/C13H22N4O3S/c1-8-10(16-7-12(18)17-13(2,3)4)5-9(14)6-11(8)21(15,19)20/h5-6,16H,7,14H2,1-4H3,(H,17,18)(H2,15,19,20). The lowest BCUT2D eigenvalue weighted by atomic mass is 10.1. The molecule has 0 aromatic heterocycles. The van der Waals surface area contributed by atoms with E-state index in [9.17, 15) is 13.2 Å². The number of rotatable bonds is 4. The number of primary sulfonamides is 1. The Balaban J connectivity index is 2.95. The number of carbonyl (C=O) groups is 1. The summed E-state index contributed by atoms with van der Waals surface area (Å²) in [6, 6.07) is 2.86. The minimum atomic E-state index is -3.87. The monoisotopic (exact) mass is 314 g/mol. The lowest BCUT2D eigenvalue weighted by Gasteiger charge is -2.21. The van der Waals surface area contributed by atoms with Gasteiger partial charge in [-0.2, -0.15) is 0 Å². The van der Waals surface area contributed by atoms with Crippen molar-refractivity contribution >= 4 is 27.3 Å². The van der Waals surface area contributed by atoms with E-state index in [1.807, 2.05) is 20.8 Å². The molecule has 0 bridgehead atoms. The molecule has 118 valence electrons. The van der Waals surface area contributed by atoms with Crippen molar-refractivity contribution in [3.05, 3.63) is 17.7 Å². The van der Waals surface area contributed by atoms with Crippen molar-refractivity contribution in [2.45, 2.75) is 38.1 Å². The van der Waals surface area contributed by atoms with Crippen molar-refractivity contribution in [1.82, 2.24) is 5.32 Å². The average Bonchev–Trinajstić information content (AvgIpc) is 2.26. The fraction of sp³-hybridized carbons (Fsp3) is 0.462. The first-order valence-corrected chi connectivity index (χ1v) is 7.92. The van der Waals surface area contributed by atoms with Crippen LogP contribution in [0, 0.1) is 6.92 Å². The highest BCUT2D eigenvalue weighted by molar-refractivity contribution is 7.89. The van der Waals surface area contributed by atoms with Crippen LogP contribution in [-0.4, -0.2) is 26.4 Å². The van der Waals surface area contributed by atoms with Crippen LogP contribution in [0.1, 0.15) is 26.3 Å². The first kappa shape index (κ1) is 17.3. The van der Waals surface area contributed by atoms with E-state index in [2.05, 4.69) is 10.6 Å². The third-order valence-corrected chi connectivity index (χ3v) is 3.68. The van der Waals surface area contributed by atoms with Crippen molar-refractivity contribution in [2.24, 2.45) is 5.14 Å². The molecule has 0 fully saturated rings. The molecule has 21 heavy (non-hydrogen) atoms. The Morgan fingerprint density at radius 3 is 2.33 bits per heavy atom. The van der Waals surface area contributed by atoms with Gasteiger partial charge in [0.15, 0.2) is 0 Å². The third kappa shape index (κ3) is 5.24. The SMILES string of the molecule is Cc1c(NCC(=O)NC(C)(C)C)cc(N)cc1S(N)(=O)=O. The lowest BCUT2D eigenvalue weighted by molar-refractivity contribution is -0.120. The Kier molecular flexibility index (Phi) is 4.85. The first-order valence-electron chi connectivity index (χ1n) is 6.38. The third-order valence-electron chi connectivity index (χ3n) is 2.64. The summed E-state index contributed by atoms with van der Waals surface area (Å²) in [4.78, 5) is 11.7. The number of nitrogens with one attached hydrogen (secondary N) is 2. The van der Waals surface area contributed by atoms with Crippen LogP contribution in [0.3, 0.4) is 0 Å². The minimum absolute atomic E-state index is 0.00558. The molecule has 0 spiro atoms. The molecule has 0 aliphatic rings. The van der Waals surface area contributed by atoms with Gasteiger partial charge in [0.05, 0.1) is 11.4 Å². The molecule has 0 saturated carbocycles. The van der Waals surface area contributed by atoms with E-state index in [1.165, 1.54) is 6.07 Å². The van der Waals surface area contributed by atoms with Crippen LogP contribution in [0.5, 0.6) is 0 Å². The van der Waals surface area contributed by atoms with Gasteiger partial charge in [0, 0.05) is 16.9 Å². The van der Waals surface area contributed by atoms with Crippen LogP contribution in [0.4, 0.5) is 11.4 Å². The summed E-state index contributed by atoms with van der Waals surface area (Å²) in [5.74, 6) is -0.207. The molecule has 0 aliphatic heterocycles. The van der Waals surface area contributed by atoms with Gasteiger partial charge in [-0.05, 0) is 45.4 Å². The Labute approximate surface area is 125 Å². The average molecular weight is 314 g/mol. The number of amides is 1. The van der Waals surface area contributed by atoms with Crippen LogP contribution < -0.4 is 21.5 Å². The van der Waals surface area contributed by atoms with Gasteiger partial charge in [0.25, 0.3) is 0 Å². The van der Waals surface area contributed by atoms with Crippen LogP contribution in [0.2, 0.25) is 0 Å². The molecule has 6 N–H and O–H groups in total. The van der Waals surface area contributed by atoms with Crippen molar-refractivity contribution in [1.29, 1.82) is 0 Å². The summed E-state index contributed by atoms with van der Waals surface area (Å²) in [6.45, 7) is 7.22. The molecular weight excluding hydrogens is 292 g/mol. The number of hydrogen-bond donors (Lipinski definition) is 4. The highest BCUT2D eigenvalue weighted by atomic mass is 32.2. The smallest absolute Gasteiger partial charge is 0.239 e. The maximum atomic E-state index is 11.8. The quantitative estimate of drug-likeness (QED) is 0.604. The molecule has 1 aromatic carbocycles. The summed E-state index contributed by atoms with van der Waals surface area (Å²) >= 11 is 0. The zero-order valence-corrected chi connectivity index (χ0v) is 13.5. The number of benzene rings is 1. The molecule has 8 heteroatoms. The van der Waals surface area contributed by atoms with E-state index in [0.29, 0.717) is 11.3 Å². The van der Waals surface area contributed by atoms with Gasteiger partial charge in [-0.25, -0.2) is 13.6 Å². The molecule has 1 rings (SSSR count). The second-order valence-corrected chi connectivity index (χ2v) is 7.42. The molecule has 1 aromatic rings. The number of nitrogen functional groups attached to an aromatic ring is 1. The summed E-state index contributed by atoms with van der Waals surface area (Å²) in [5, 5.41) is 10.8. The van der Waals surface area contributed by atoms with Crippen LogP contribution in [0.25, 0.3) is 0 Å². The van der Waals surface area contributed by atoms with Crippen molar-refractivity contribution in [2.75, 3.05) is 17.6 Å². The molecular formula is C13H22N4O3S. The van der Waals surface area contributed by atoms with E-state index in [-0.39, 0.29) is 28.6 Å². The van der Waals surface area contributed by atoms with E-state index >= 15 is 0 Å². The molecule has 0 radical (unpaired) electrons. The van der Waals surface area contributed by atoms with Crippen molar-refractivity contribution < 1.29 is 13.2 Å². The Bertz CT molecular complexity index is 648. The number of hydrogen-bond acceptors (Lipinski definition) is 5. The second kappa shape index (κ2) is 5.90. The van der Waals surface area contributed by atoms with E-state index < -0.39 is 10.0 Å². The molecule has 0 atom stereocenters. The van der Waals surface area contributed by atoms with E-state index in [1.54, 1.807) is 13.0 Å². The summed E-state index contributed by atoms with van der Waals surface area (Å²) < 4.78 is 23.0. The van der Waals surface area contributed by atoms with Gasteiger partial charge in [0.1, 0.15) is 0 Å². The number of nitrogens with two attached hydrogens (primary N) is 2. The fourth-order valence-electron chi connectivity index (χ4n) is 1.83. The fourth-order valence-corrected chi connectivity index (χ4v) is 2.66. The van der Waals surface area contributed by atoms with Gasteiger partial charge < -0.3 is 16.4 Å². The predicted molar refractivity (Wildman–Crippen MR) is 83.4 cm³/mol. The number of anilines is 2. The van der Waals surface area contributed by atoms with E-state index in [0.717, 1.165) is 0 Å². The van der Waals surface area contributed by atoms with Crippen LogP contribution in [0.15, 0.2) is 17.0 Å². The highest BCUT2D eigenvalue weighted by Crippen LogP contribution is 2.25. The van der Waals surface area contributed by atoms with Crippen molar-refractivity contribution in [3.63, 3.8) is 0 Å². The Hall–Kier alpha value is -1.80. The largest absolute Gasteiger partial charge is 0.399 e. The van der Waals surface area contributed by atoms with Crippen LogP contribution >= 0.6 is 0 Å². The lowest BCUT2D eigenvalue weighted by Crippen LogP contribution is -2.43. The highest BCUT2D eigenvalue weighted by Gasteiger charge is 2.17. The molecule has 7 nitrogen and oxygen atoms in total. The molecule has 0 unspecified atom stereocenters. The predicted octanol–water partition coefficient (Wildman–Crippen LogP) is 0.551. The zero-order chi connectivity index (χ0) is 16.4. The minimum Gasteiger partial charge on any atom is -0.399 e. The Morgan fingerprint density at radius 2 is 1.86 bits per heavy atom. The number of carbonyl (C=O) groups excluding carboxylic acids is 1. The van der Waals surface area contributed by atoms with Gasteiger partial charge in [-0.15, -0.1) is 0 Å². The maximum absolute atomic E-state index is 11.8. The van der Waals surface area contributed by atoms with E-state index in [4.69, 9.17) is 10.9 Å². The molecule has 0 heterocycles. The topological polar surface area (TPSA) is 127 Å². The summed E-state index contributed by atoms with van der Waals surface area (Å²) in [6.07, 6.45) is 0. The molecule has 1 amide bonds. The zero-order valence-electron chi connectivity index (χ0n) is 12.6. The number of sulfonamides is 1. The first-order chi connectivity index (χ1) is 9.40. The van der Waals surface area contributed by atoms with Crippen LogP contribution in [-0.2, 0) is 14.8 Å².